The molecular weight excluding hydrogens is 333 g/mol. The van der Waals surface area contributed by atoms with Gasteiger partial charge in [0.25, 0.3) is 11.5 Å². The second-order valence-electron chi connectivity index (χ2n) is 3.27. The van der Waals surface area contributed by atoms with Gasteiger partial charge in [0.2, 0.25) is 0 Å². The Morgan fingerprint density at radius 3 is 2.47 bits per heavy atom. The Balaban J connectivity index is 2.14. The number of hydrogen-bond acceptors (Lipinski definition) is 3. The second kappa shape index (κ2) is 5.09. The number of aromatic amines is 1. The lowest BCUT2D eigenvalue weighted by molar-refractivity contribution is 0.102. The molecule has 0 saturated heterocycles. The van der Waals surface area contributed by atoms with Gasteiger partial charge in [0, 0.05) is 15.3 Å². The van der Waals surface area contributed by atoms with Gasteiger partial charge >= 0.3 is 0 Å². The molecule has 0 radical (unpaired) electrons. The van der Waals surface area contributed by atoms with Gasteiger partial charge in [-0.15, -0.1) is 0 Å². The van der Waals surface area contributed by atoms with Crippen LogP contribution < -0.4 is 10.9 Å². The maximum Gasteiger partial charge on any atom is 0.276 e. The number of hydrogen-bond donors (Lipinski definition) is 2. The summed E-state index contributed by atoms with van der Waals surface area (Å²) in [6.45, 7) is 0. The third-order valence-electron chi connectivity index (χ3n) is 2.01. The lowest BCUT2D eigenvalue weighted by Crippen LogP contribution is -2.17. The van der Waals surface area contributed by atoms with E-state index in [0.29, 0.717) is 5.69 Å². The summed E-state index contributed by atoms with van der Waals surface area (Å²) in [7, 11) is 0. The van der Waals surface area contributed by atoms with E-state index in [2.05, 4.69) is 38.1 Å². The van der Waals surface area contributed by atoms with Crippen molar-refractivity contribution in [3.05, 3.63) is 56.0 Å². The maximum absolute atomic E-state index is 11.7. The van der Waals surface area contributed by atoms with Crippen LogP contribution in [0.2, 0.25) is 0 Å². The van der Waals surface area contributed by atoms with Gasteiger partial charge in [0.15, 0.2) is 0 Å². The molecule has 0 bridgehead atoms. The van der Waals surface area contributed by atoms with Crippen LogP contribution in [-0.2, 0) is 0 Å². The Bertz CT molecular complexity index is 572. The predicted octanol–water partition coefficient (Wildman–Crippen LogP) is 1.63. The molecule has 0 aliphatic heterocycles. The minimum Gasteiger partial charge on any atom is -0.321 e. The van der Waals surface area contributed by atoms with Crippen LogP contribution in [0.5, 0.6) is 0 Å². The summed E-state index contributed by atoms with van der Waals surface area (Å²) in [5, 5.41) is 8.53. The average molecular weight is 341 g/mol. The first-order valence-electron chi connectivity index (χ1n) is 4.78. The minimum atomic E-state index is -0.359. The van der Waals surface area contributed by atoms with Gasteiger partial charge < -0.3 is 5.32 Å². The standard InChI is InChI=1S/C11H8IN3O2/c12-7-1-3-8(4-2-7)13-11(17)9-5-6-10(16)15-14-9/h1-6H,(H,13,17)(H,15,16). The summed E-state index contributed by atoms with van der Waals surface area (Å²) < 4.78 is 1.09. The predicted molar refractivity (Wildman–Crippen MR) is 72.0 cm³/mol. The summed E-state index contributed by atoms with van der Waals surface area (Å²) in [4.78, 5) is 22.5. The molecule has 0 saturated carbocycles. The van der Waals surface area contributed by atoms with Crippen molar-refractivity contribution in [3.8, 4) is 0 Å². The number of nitrogens with zero attached hydrogens (tertiary/aromatic N) is 1. The van der Waals surface area contributed by atoms with Crippen molar-refractivity contribution in [1.29, 1.82) is 0 Å². The van der Waals surface area contributed by atoms with Gasteiger partial charge in [-0.25, -0.2) is 5.10 Å². The minimum absolute atomic E-state index is 0.170. The maximum atomic E-state index is 11.7. The quantitative estimate of drug-likeness (QED) is 0.816. The van der Waals surface area contributed by atoms with Crippen molar-refractivity contribution in [2.45, 2.75) is 0 Å². The Morgan fingerprint density at radius 2 is 1.88 bits per heavy atom. The highest BCUT2D eigenvalue weighted by Gasteiger charge is 2.07. The smallest absolute Gasteiger partial charge is 0.276 e. The van der Waals surface area contributed by atoms with Gasteiger partial charge in [-0.1, -0.05) is 0 Å². The zero-order chi connectivity index (χ0) is 12.3. The van der Waals surface area contributed by atoms with Crippen molar-refractivity contribution in [3.63, 3.8) is 0 Å². The Hall–Kier alpha value is -1.70. The SMILES string of the molecule is O=C(Nc1ccc(I)cc1)c1ccc(=O)[nH]n1. The third kappa shape index (κ3) is 3.13. The summed E-state index contributed by atoms with van der Waals surface area (Å²) in [5.41, 5.74) is 0.516. The summed E-state index contributed by atoms with van der Waals surface area (Å²) in [6.07, 6.45) is 0. The van der Waals surface area contributed by atoms with E-state index in [0.717, 1.165) is 3.57 Å². The monoisotopic (exact) mass is 341 g/mol. The normalized spacial score (nSPS) is 9.94. The van der Waals surface area contributed by atoms with Crippen LogP contribution in [0.3, 0.4) is 0 Å². The Kier molecular flexibility index (Phi) is 3.52. The third-order valence-corrected chi connectivity index (χ3v) is 2.73. The molecule has 1 heterocycles. The van der Waals surface area contributed by atoms with Crippen molar-refractivity contribution >= 4 is 34.2 Å². The molecule has 0 spiro atoms. The second-order valence-corrected chi connectivity index (χ2v) is 4.51. The van der Waals surface area contributed by atoms with Crippen LogP contribution >= 0.6 is 22.6 Å². The average Bonchev–Trinajstić information content (AvgIpc) is 2.33. The zero-order valence-corrected chi connectivity index (χ0v) is 10.8. The molecule has 2 N–H and O–H groups in total. The van der Waals surface area contributed by atoms with Crippen LogP contribution in [0.25, 0.3) is 0 Å². The number of carbonyl (C=O) groups excluding carboxylic acids is 1. The van der Waals surface area contributed by atoms with E-state index in [9.17, 15) is 9.59 Å². The number of rotatable bonds is 2. The largest absolute Gasteiger partial charge is 0.321 e. The molecule has 17 heavy (non-hydrogen) atoms. The zero-order valence-electron chi connectivity index (χ0n) is 8.61. The van der Waals surface area contributed by atoms with Gasteiger partial charge in [0.05, 0.1) is 0 Å². The van der Waals surface area contributed by atoms with Crippen LogP contribution in [0.1, 0.15) is 10.5 Å². The number of aromatic nitrogens is 2. The topological polar surface area (TPSA) is 74.8 Å². The molecule has 1 aromatic carbocycles. The molecule has 0 unspecified atom stereocenters. The van der Waals surface area contributed by atoms with Gasteiger partial charge in [-0.2, -0.15) is 5.10 Å². The Morgan fingerprint density at radius 1 is 1.18 bits per heavy atom. The van der Waals surface area contributed by atoms with E-state index >= 15 is 0 Å². The number of nitrogens with one attached hydrogen (secondary N) is 2. The molecule has 86 valence electrons. The van der Waals surface area contributed by atoms with Gasteiger partial charge in [0.1, 0.15) is 5.69 Å². The summed E-state index contributed by atoms with van der Waals surface area (Å²) in [5.74, 6) is -0.359. The molecule has 2 rings (SSSR count). The number of amides is 1. The van der Waals surface area contributed by atoms with Crippen LogP contribution in [0.4, 0.5) is 5.69 Å². The fourth-order valence-electron chi connectivity index (χ4n) is 1.20. The molecule has 0 atom stereocenters. The lowest BCUT2D eigenvalue weighted by Gasteiger charge is -2.03. The number of H-pyrrole nitrogens is 1. The summed E-state index contributed by atoms with van der Waals surface area (Å²) in [6, 6.07) is 10.0. The van der Waals surface area contributed by atoms with Crippen molar-refractivity contribution < 1.29 is 4.79 Å². The van der Waals surface area contributed by atoms with Gasteiger partial charge in [-0.3, -0.25) is 9.59 Å². The van der Waals surface area contributed by atoms with E-state index in [4.69, 9.17) is 0 Å². The fraction of sp³-hybridized carbons (Fsp3) is 0. The number of carbonyl (C=O) groups is 1. The molecule has 6 heteroatoms. The number of benzene rings is 1. The van der Waals surface area contributed by atoms with E-state index in [1.54, 1.807) is 12.1 Å². The number of halogens is 1. The molecule has 0 fully saturated rings. The van der Waals surface area contributed by atoms with Crippen molar-refractivity contribution in [2.24, 2.45) is 0 Å². The lowest BCUT2D eigenvalue weighted by atomic mass is 10.3. The molecule has 1 aromatic heterocycles. The van der Waals surface area contributed by atoms with E-state index in [1.165, 1.54) is 12.1 Å². The van der Waals surface area contributed by atoms with Gasteiger partial charge in [-0.05, 0) is 52.9 Å². The molecule has 1 amide bonds. The molecular formula is C11H8IN3O2. The molecule has 5 nitrogen and oxygen atoms in total. The van der Waals surface area contributed by atoms with E-state index < -0.39 is 0 Å². The first kappa shape index (κ1) is 11.8. The number of anilines is 1. The molecule has 2 aromatic rings. The molecule has 0 aliphatic rings. The van der Waals surface area contributed by atoms with Crippen LogP contribution in [-0.4, -0.2) is 16.1 Å². The highest BCUT2D eigenvalue weighted by atomic mass is 127. The fourth-order valence-corrected chi connectivity index (χ4v) is 1.56. The highest BCUT2D eigenvalue weighted by molar-refractivity contribution is 14.1. The van der Waals surface area contributed by atoms with Crippen LogP contribution in [0, 0.1) is 3.57 Å². The summed E-state index contributed by atoms with van der Waals surface area (Å²) >= 11 is 2.18. The highest BCUT2D eigenvalue weighted by Crippen LogP contribution is 2.11. The van der Waals surface area contributed by atoms with E-state index in [-0.39, 0.29) is 17.2 Å². The van der Waals surface area contributed by atoms with Crippen molar-refractivity contribution in [2.75, 3.05) is 5.32 Å². The molecule has 0 aliphatic carbocycles. The first-order valence-corrected chi connectivity index (χ1v) is 5.86. The first-order chi connectivity index (χ1) is 8.15. The Labute approximate surface area is 110 Å². The van der Waals surface area contributed by atoms with Crippen molar-refractivity contribution in [1.82, 2.24) is 10.2 Å². The van der Waals surface area contributed by atoms with E-state index in [1.807, 2.05) is 12.1 Å². The van der Waals surface area contributed by atoms with Crippen LogP contribution in [0.15, 0.2) is 41.2 Å².